The Hall–Kier alpha value is -1.73. The van der Waals surface area contributed by atoms with Crippen molar-refractivity contribution in [3.8, 4) is 0 Å². The Bertz CT molecular complexity index is 646. The van der Waals surface area contributed by atoms with E-state index in [1.54, 1.807) is 18.3 Å². The Morgan fingerprint density at radius 1 is 1.00 bits per heavy atom. The van der Waals surface area contributed by atoms with Crippen LogP contribution in [0.1, 0.15) is 29.6 Å². The summed E-state index contributed by atoms with van der Waals surface area (Å²) in [5, 5.41) is 0. The highest BCUT2D eigenvalue weighted by molar-refractivity contribution is 7.71. The van der Waals surface area contributed by atoms with Gasteiger partial charge < -0.3 is 14.8 Å². The second-order valence-electron chi connectivity index (χ2n) is 6.42. The number of likely N-dealkylation sites (tertiary alicyclic amines) is 1. The molecule has 1 N–H and O–H groups in total. The number of rotatable bonds is 3. The van der Waals surface area contributed by atoms with Crippen molar-refractivity contribution in [2.45, 2.75) is 19.3 Å². The van der Waals surface area contributed by atoms with Crippen LogP contribution in [0.5, 0.6) is 0 Å². The van der Waals surface area contributed by atoms with E-state index in [1.165, 1.54) is 6.42 Å². The maximum Gasteiger partial charge on any atom is 0.256 e. The highest BCUT2D eigenvalue weighted by Crippen LogP contribution is 2.12. The fraction of sp³-hybridized carbons (Fsp3) is 0.588. The van der Waals surface area contributed by atoms with Crippen LogP contribution in [-0.2, 0) is 4.79 Å². The standard InChI is InChI=1S/C17H24N4O2S/c22-15(20-7-2-1-3-8-20)13-19-9-11-21(12-10-19)17(23)14-5-4-6-18-16(14)24/h4-6H,1-3,7-13H2,(H,18,24). The molecular weight excluding hydrogens is 324 g/mol. The van der Waals surface area contributed by atoms with Gasteiger partial charge in [0.05, 0.1) is 12.1 Å². The minimum Gasteiger partial charge on any atom is -0.352 e. The zero-order chi connectivity index (χ0) is 16.9. The van der Waals surface area contributed by atoms with Gasteiger partial charge in [0.1, 0.15) is 4.64 Å². The number of piperazine rings is 1. The van der Waals surface area contributed by atoms with E-state index in [0.29, 0.717) is 29.8 Å². The Kier molecular flexibility index (Phi) is 5.63. The zero-order valence-electron chi connectivity index (χ0n) is 13.9. The number of aromatic amines is 1. The quantitative estimate of drug-likeness (QED) is 0.842. The molecule has 0 radical (unpaired) electrons. The van der Waals surface area contributed by atoms with E-state index in [9.17, 15) is 9.59 Å². The van der Waals surface area contributed by atoms with Crippen LogP contribution in [0.2, 0.25) is 0 Å². The second-order valence-corrected chi connectivity index (χ2v) is 6.83. The number of H-pyrrole nitrogens is 1. The number of amides is 2. The highest BCUT2D eigenvalue weighted by atomic mass is 32.1. The number of carbonyl (C=O) groups is 2. The van der Waals surface area contributed by atoms with Crippen LogP contribution in [0.4, 0.5) is 0 Å². The molecule has 2 fully saturated rings. The van der Waals surface area contributed by atoms with Crippen molar-refractivity contribution in [3.05, 3.63) is 28.5 Å². The van der Waals surface area contributed by atoms with E-state index in [4.69, 9.17) is 12.2 Å². The van der Waals surface area contributed by atoms with Crippen molar-refractivity contribution in [2.75, 3.05) is 45.8 Å². The fourth-order valence-corrected chi connectivity index (χ4v) is 3.53. The van der Waals surface area contributed by atoms with Gasteiger partial charge in [-0.05, 0) is 31.4 Å². The van der Waals surface area contributed by atoms with E-state index in [-0.39, 0.29) is 11.8 Å². The van der Waals surface area contributed by atoms with Crippen LogP contribution in [-0.4, -0.2) is 77.3 Å². The summed E-state index contributed by atoms with van der Waals surface area (Å²) in [6, 6.07) is 3.55. The van der Waals surface area contributed by atoms with Gasteiger partial charge >= 0.3 is 0 Å². The van der Waals surface area contributed by atoms with E-state index in [2.05, 4.69) is 9.88 Å². The monoisotopic (exact) mass is 348 g/mol. The van der Waals surface area contributed by atoms with Gasteiger partial charge in [0.15, 0.2) is 0 Å². The first kappa shape index (κ1) is 17.1. The molecule has 24 heavy (non-hydrogen) atoms. The first-order valence-electron chi connectivity index (χ1n) is 8.62. The lowest BCUT2D eigenvalue weighted by Crippen LogP contribution is -2.52. The minimum atomic E-state index is -0.0288. The molecule has 1 aromatic heterocycles. The molecule has 0 unspecified atom stereocenters. The molecule has 130 valence electrons. The Morgan fingerprint density at radius 3 is 2.38 bits per heavy atom. The van der Waals surface area contributed by atoms with Crippen LogP contribution < -0.4 is 0 Å². The molecule has 0 saturated carbocycles. The largest absolute Gasteiger partial charge is 0.352 e. The van der Waals surface area contributed by atoms with Gasteiger partial charge in [-0.25, -0.2) is 0 Å². The van der Waals surface area contributed by atoms with Crippen molar-refractivity contribution in [1.29, 1.82) is 0 Å². The summed E-state index contributed by atoms with van der Waals surface area (Å²) in [6.45, 7) is 4.98. The number of hydrogen-bond donors (Lipinski definition) is 1. The number of aromatic nitrogens is 1. The van der Waals surface area contributed by atoms with Crippen LogP contribution in [0.25, 0.3) is 0 Å². The lowest BCUT2D eigenvalue weighted by Gasteiger charge is -2.36. The first-order chi connectivity index (χ1) is 11.6. The Labute approximate surface area is 147 Å². The molecule has 0 aromatic carbocycles. The van der Waals surface area contributed by atoms with Crippen molar-refractivity contribution < 1.29 is 9.59 Å². The average molecular weight is 348 g/mol. The number of nitrogens with zero attached hydrogens (tertiary/aromatic N) is 3. The van der Waals surface area contributed by atoms with E-state index in [1.807, 2.05) is 9.80 Å². The van der Waals surface area contributed by atoms with Crippen LogP contribution in [0.15, 0.2) is 18.3 Å². The maximum absolute atomic E-state index is 12.5. The molecular formula is C17H24N4O2S. The first-order valence-corrected chi connectivity index (χ1v) is 9.03. The van der Waals surface area contributed by atoms with E-state index in [0.717, 1.165) is 39.0 Å². The van der Waals surface area contributed by atoms with Crippen molar-refractivity contribution >= 4 is 24.0 Å². The number of piperidine rings is 1. The summed E-state index contributed by atoms with van der Waals surface area (Å²) < 4.78 is 0.477. The summed E-state index contributed by atoms with van der Waals surface area (Å²) in [7, 11) is 0. The summed E-state index contributed by atoms with van der Waals surface area (Å²) in [4.78, 5) is 33.7. The Balaban J connectivity index is 1.50. The number of carbonyl (C=O) groups excluding carboxylic acids is 2. The van der Waals surface area contributed by atoms with Crippen LogP contribution >= 0.6 is 12.2 Å². The molecule has 3 heterocycles. The van der Waals surface area contributed by atoms with Crippen LogP contribution in [0, 0.1) is 4.64 Å². The van der Waals surface area contributed by atoms with Gasteiger partial charge in [0, 0.05) is 45.5 Å². The number of hydrogen-bond acceptors (Lipinski definition) is 4. The molecule has 2 aliphatic heterocycles. The third kappa shape index (κ3) is 4.02. The molecule has 1 aromatic rings. The molecule has 0 atom stereocenters. The highest BCUT2D eigenvalue weighted by Gasteiger charge is 2.25. The predicted molar refractivity (Wildman–Crippen MR) is 94.4 cm³/mol. The van der Waals surface area contributed by atoms with Gasteiger partial charge in [-0.3, -0.25) is 14.5 Å². The maximum atomic E-state index is 12.5. The molecule has 0 bridgehead atoms. The Morgan fingerprint density at radius 2 is 1.71 bits per heavy atom. The summed E-state index contributed by atoms with van der Waals surface area (Å²) >= 11 is 5.19. The summed E-state index contributed by atoms with van der Waals surface area (Å²) in [5.74, 6) is 0.193. The fourth-order valence-electron chi connectivity index (χ4n) is 3.30. The minimum absolute atomic E-state index is 0.0288. The lowest BCUT2D eigenvalue weighted by molar-refractivity contribution is -0.133. The second kappa shape index (κ2) is 7.90. The molecule has 6 nitrogen and oxygen atoms in total. The topological polar surface area (TPSA) is 59.7 Å². The van der Waals surface area contributed by atoms with Gasteiger partial charge in [-0.1, -0.05) is 12.2 Å². The van der Waals surface area contributed by atoms with Crippen LogP contribution in [0.3, 0.4) is 0 Å². The zero-order valence-corrected chi connectivity index (χ0v) is 14.7. The van der Waals surface area contributed by atoms with Gasteiger partial charge in [-0.15, -0.1) is 0 Å². The van der Waals surface area contributed by atoms with Gasteiger partial charge in [0.25, 0.3) is 5.91 Å². The van der Waals surface area contributed by atoms with Crippen molar-refractivity contribution in [1.82, 2.24) is 19.7 Å². The summed E-state index contributed by atoms with van der Waals surface area (Å²) in [5.41, 5.74) is 0.547. The number of nitrogens with one attached hydrogen (secondary N) is 1. The molecule has 3 rings (SSSR count). The lowest BCUT2D eigenvalue weighted by atomic mass is 10.1. The predicted octanol–water partition coefficient (Wildman–Crippen LogP) is 1.51. The molecule has 0 aliphatic carbocycles. The van der Waals surface area contributed by atoms with Crippen molar-refractivity contribution in [2.24, 2.45) is 0 Å². The normalized spacial score (nSPS) is 19.3. The third-order valence-electron chi connectivity index (χ3n) is 4.78. The van der Waals surface area contributed by atoms with E-state index < -0.39 is 0 Å². The molecule has 2 aliphatic rings. The van der Waals surface area contributed by atoms with Gasteiger partial charge in [-0.2, -0.15) is 0 Å². The van der Waals surface area contributed by atoms with Crippen molar-refractivity contribution in [3.63, 3.8) is 0 Å². The van der Waals surface area contributed by atoms with Gasteiger partial charge in [0.2, 0.25) is 5.91 Å². The van der Waals surface area contributed by atoms with E-state index >= 15 is 0 Å². The number of pyridine rings is 1. The third-order valence-corrected chi connectivity index (χ3v) is 5.11. The SMILES string of the molecule is O=C(CN1CCN(C(=O)c2ccc[nH]c2=S)CC1)N1CCCCC1. The molecule has 7 heteroatoms. The smallest absolute Gasteiger partial charge is 0.256 e. The average Bonchev–Trinajstić information content (AvgIpc) is 2.63. The molecule has 2 amide bonds. The molecule has 0 spiro atoms. The molecule has 2 saturated heterocycles. The summed E-state index contributed by atoms with van der Waals surface area (Å²) in [6.07, 6.45) is 5.19.